The van der Waals surface area contributed by atoms with Crippen molar-refractivity contribution in [2.45, 2.75) is 27.2 Å². The first-order chi connectivity index (χ1) is 10.3. The van der Waals surface area contributed by atoms with Crippen LogP contribution in [0, 0.1) is 13.8 Å². The van der Waals surface area contributed by atoms with E-state index in [0.717, 1.165) is 29.8 Å². The Bertz CT molecular complexity index is 506. The minimum Gasteiger partial charge on any atom is -0.355 e. The van der Waals surface area contributed by atoms with Crippen molar-refractivity contribution in [1.82, 2.24) is 10.2 Å². The number of nitrogens with zero attached hydrogens (tertiary/aromatic N) is 2. The molecule has 0 heterocycles. The number of hydrogen-bond donors (Lipinski definition) is 1. The fourth-order valence-electron chi connectivity index (χ4n) is 2.31. The normalized spacial score (nSPS) is 10.6. The van der Waals surface area contributed by atoms with Crippen LogP contribution in [0.4, 0.5) is 5.69 Å². The molecule has 0 aromatic heterocycles. The van der Waals surface area contributed by atoms with Crippen LogP contribution in [-0.4, -0.2) is 50.4 Å². The maximum atomic E-state index is 12.0. The molecule has 0 saturated heterocycles. The van der Waals surface area contributed by atoms with E-state index in [1.54, 1.807) is 0 Å². The van der Waals surface area contributed by atoms with Gasteiger partial charge in [-0.05, 0) is 64.2 Å². The van der Waals surface area contributed by atoms with Gasteiger partial charge in [0.1, 0.15) is 6.54 Å². The highest BCUT2D eigenvalue weighted by molar-refractivity contribution is 5.97. The van der Waals surface area contributed by atoms with E-state index in [9.17, 15) is 9.59 Å². The summed E-state index contributed by atoms with van der Waals surface area (Å²) in [5.74, 6) is -0.262. The highest BCUT2D eigenvalue weighted by Gasteiger charge is 2.16. The van der Waals surface area contributed by atoms with Crippen molar-refractivity contribution >= 4 is 17.5 Å². The zero-order chi connectivity index (χ0) is 16.7. The standard InChI is InChI=1S/C17H27N3O2/c1-13-9-14(2)11-16(10-13)20(15(3)21)12-17(22)18-7-6-8-19(4)5/h9-11H,6-8,12H2,1-5H3,(H,18,22). The molecule has 0 radical (unpaired) electrons. The molecule has 0 atom stereocenters. The lowest BCUT2D eigenvalue weighted by molar-refractivity contribution is -0.123. The van der Waals surface area contributed by atoms with E-state index in [2.05, 4.69) is 10.2 Å². The Morgan fingerprint density at radius 1 is 1.09 bits per heavy atom. The van der Waals surface area contributed by atoms with E-state index in [-0.39, 0.29) is 18.4 Å². The van der Waals surface area contributed by atoms with Crippen LogP contribution in [0.5, 0.6) is 0 Å². The van der Waals surface area contributed by atoms with Gasteiger partial charge in [0, 0.05) is 19.2 Å². The number of rotatable bonds is 7. The van der Waals surface area contributed by atoms with E-state index in [1.807, 2.05) is 46.1 Å². The summed E-state index contributed by atoms with van der Waals surface area (Å²) in [6, 6.07) is 5.89. The Morgan fingerprint density at radius 3 is 2.18 bits per heavy atom. The van der Waals surface area contributed by atoms with Gasteiger partial charge >= 0.3 is 0 Å². The smallest absolute Gasteiger partial charge is 0.240 e. The van der Waals surface area contributed by atoms with Gasteiger partial charge in [-0.3, -0.25) is 9.59 Å². The first-order valence-electron chi connectivity index (χ1n) is 7.57. The van der Waals surface area contributed by atoms with Gasteiger partial charge in [-0.2, -0.15) is 0 Å². The molecular weight excluding hydrogens is 278 g/mol. The Morgan fingerprint density at radius 2 is 1.68 bits per heavy atom. The van der Waals surface area contributed by atoms with E-state index >= 15 is 0 Å². The SMILES string of the molecule is CC(=O)N(CC(=O)NCCCN(C)C)c1cc(C)cc(C)c1. The summed E-state index contributed by atoms with van der Waals surface area (Å²) in [6.07, 6.45) is 0.891. The van der Waals surface area contributed by atoms with Crippen LogP contribution in [0.25, 0.3) is 0 Å². The molecule has 1 N–H and O–H groups in total. The number of nitrogens with one attached hydrogen (secondary N) is 1. The minimum absolute atomic E-state index is 0.0557. The quantitative estimate of drug-likeness (QED) is 0.781. The van der Waals surface area contributed by atoms with Crippen molar-refractivity contribution in [2.24, 2.45) is 0 Å². The van der Waals surface area contributed by atoms with Gasteiger partial charge in [0.15, 0.2) is 0 Å². The summed E-state index contributed by atoms with van der Waals surface area (Å²) in [6.45, 7) is 7.05. The van der Waals surface area contributed by atoms with E-state index in [1.165, 1.54) is 11.8 Å². The lowest BCUT2D eigenvalue weighted by Gasteiger charge is -2.22. The molecule has 5 heteroatoms. The van der Waals surface area contributed by atoms with Gasteiger partial charge in [-0.1, -0.05) is 6.07 Å². The van der Waals surface area contributed by atoms with Crippen LogP contribution in [0.1, 0.15) is 24.5 Å². The Labute approximate surface area is 133 Å². The number of hydrogen-bond acceptors (Lipinski definition) is 3. The average molecular weight is 305 g/mol. The third-order valence-corrected chi connectivity index (χ3v) is 3.30. The number of amides is 2. The first kappa shape index (κ1) is 18.2. The molecule has 0 aliphatic heterocycles. The largest absolute Gasteiger partial charge is 0.355 e. The molecule has 0 fully saturated rings. The second kappa shape index (κ2) is 8.54. The molecule has 0 unspecified atom stereocenters. The number of benzene rings is 1. The zero-order valence-electron chi connectivity index (χ0n) is 14.3. The van der Waals surface area contributed by atoms with Crippen LogP contribution in [0.2, 0.25) is 0 Å². The zero-order valence-corrected chi connectivity index (χ0v) is 14.3. The number of carbonyl (C=O) groups excluding carboxylic acids is 2. The van der Waals surface area contributed by atoms with E-state index in [4.69, 9.17) is 0 Å². The first-order valence-corrected chi connectivity index (χ1v) is 7.57. The topological polar surface area (TPSA) is 52.7 Å². The maximum absolute atomic E-state index is 12.0. The number of carbonyl (C=O) groups is 2. The van der Waals surface area contributed by atoms with Crippen molar-refractivity contribution in [3.63, 3.8) is 0 Å². The van der Waals surface area contributed by atoms with Gasteiger partial charge in [-0.25, -0.2) is 0 Å². The third-order valence-electron chi connectivity index (χ3n) is 3.30. The van der Waals surface area contributed by atoms with E-state index in [0.29, 0.717) is 6.54 Å². The Balaban J connectivity index is 2.64. The van der Waals surface area contributed by atoms with Gasteiger partial charge in [0.05, 0.1) is 0 Å². The maximum Gasteiger partial charge on any atom is 0.240 e. The molecule has 0 bridgehead atoms. The van der Waals surface area contributed by atoms with Crippen LogP contribution < -0.4 is 10.2 Å². The molecule has 0 aliphatic rings. The van der Waals surface area contributed by atoms with Crippen molar-refractivity contribution in [2.75, 3.05) is 38.6 Å². The predicted octanol–water partition coefficient (Wildman–Crippen LogP) is 1.72. The van der Waals surface area contributed by atoms with Crippen molar-refractivity contribution < 1.29 is 9.59 Å². The molecule has 2 amide bonds. The van der Waals surface area contributed by atoms with Crippen molar-refractivity contribution in [3.05, 3.63) is 29.3 Å². The molecular formula is C17H27N3O2. The van der Waals surface area contributed by atoms with Gasteiger partial charge in [-0.15, -0.1) is 0 Å². The lowest BCUT2D eigenvalue weighted by atomic mass is 10.1. The fraction of sp³-hybridized carbons (Fsp3) is 0.529. The van der Waals surface area contributed by atoms with Crippen molar-refractivity contribution in [3.8, 4) is 0 Å². The summed E-state index contributed by atoms with van der Waals surface area (Å²) in [7, 11) is 4.00. The fourth-order valence-corrected chi connectivity index (χ4v) is 2.31. The summed E-state index contributed by atoms with van der Waals surface area (Å²) < 4.78 is 0. The molecule has 1 rings (SSSR count). The molecule has 22 heavy (non-hydrogen) atoms. The van der Waals surface area contributed by atoms with Crippen LogP contribution >= 0.6 is 0 Å². The summed E-state index contributed by atoms with van der Waals surface area (Å²) in [4.78, 5) is 27.5. The predicted molar refractivity (Wildman–Crippen MR) is 90.1 cm³/mol. The average Bonchev–Trinajstić information content (AvgIpc) is 2.39. The minimum atomic E-state index is -0.131. The number of aryl methyl sites for hydroxylation is 2. The van der Waals surface area contributed by atoms with Gasteiger partial charge < -0.3 is 15.1 Å². The van der Waals surface area contributed by atoms with Crippen LogP contribution in [0.15, 0.2) is 18.2 Å². The van der Waals surface area contributed by atoms with Crippen LogP contribution in [-0.2, 0) is 9.59 Å². The van der Waals surface area contributed by atoms with Crippen molar-refractivity contribution in [1.29, 1.82) is 0 Å². The highest BCUT2D eigenvalue weighted by Crippen LogP contribution is 2.18. The Hall–Kier alpha value is -1.88. The molecule has 0 saturated carbocycles. The number of anilines is 1. The summed E-state index contributed by atoms with van der Waals surface area (Å²) in [5, 5.41) is 2.86. The molecule has 0 spiro atoms. The molecule has 1 aromatic rings. The highest BCUT2D eigenvalue weighted by atomic mass is 16.2. The molecule has 1 aromatic carbocycles. The summed E-state index contributed by atoms with van der Waals surface area (Å²) in [5.41, 5.74) is 2.92. The van der Waals surface area contributed by atoms with Gasteiger partial charge in [0.2, 0.25) is 11.8 Å². The lowest BCUT2D eigenvalue weighted by Crippen LogP contribution is -2.40. The molecule has 0 aliphatic carbocycles. The van der Waals surface area contributed by atoms with Crippen LogP contribution in [0.3, 0.4) is 0 Å². The molecule has 5 nitrogen and oxygen atoms in total. The Kier molecular flexibility index (Phi) is 7.05. The summed E-state index contributed by atoms with van der Waals surface area (Å²) >= 11 is 0. The van der Waals surface area contributed by atoms with Gasteiger partial charge in [0.25, 0.3) is 0 Å². The second-order valence-corrected chi connectivity index (χ2v) is 5.96. The third kappa shape index (κ3) is 6.26. The van der Waals surface area contributed by atoms with E-state index < -0.39 is 0 Å². The molecule has 122 valence electrons. The second-order valence-electron chi connectivity index (χ2n) is 5.96. The monoisotopic (exact) mass is 305 g/mol.